The molecule has 1 aliphatic rings. The molecule has 0 spiro atoms. The molecule has 2 N–H and O–H groups in total. The highest BCUT2D eigenvalue weighted by Crippen LogP contribution is 2.23. The van der Waals surface area contributed by atoms with Crippen LogP contribution in [0.1, 0.15) is 34.3 Å². The van der Waals surface area contributed by atoms with Gasteiger partial charge in [-0.15, -0.1) is 0 Å². The van der Waals surface area contributed by atoms with Crippen LogP contribution in [0.2, 0.25) is 0 Å². The summed E-state index contributed by atoms with van der Waals surface area (Å²) >= 11 is 0. The predicted octanol–water partition coefficient (Wildman–Crippen LogP) is 3.78. The summed E-state index contributed by atoms with van der Waals surface area (Å²) in [6.07, 6.45) is 1.12. The van der Waals surface area contributed by atoms with Crippen molar-refractivity contribution in [2.45, 2.75) is 32.8 Å². The van der Waals surface area contributed by atoms with Crippen LogP contribution in [0.25, 0.3) is 11.0 Å². The maximum atomic E-state index is 12.7. The van der Waals surface area contributed by atoms with Gasteiger partial charge in [0.25, 0.3) is 11.8 Å². The number of nitrogens with one attached hydrogen (secondary N) is 2. The van der Waals surface area contributed by atoms with Crippen molar-refractivity contribution >= 4 is 34.2 Å². The van der Waals surface area contributed by atoms with E-state index in [9.17, 15) is 14.4 Å². The van der Waals surface area contributed by atoms with E-state index in [1.165, 1.54) is 6.07 Å². The third-order valence-electron chi connectivity index (χ3n) is 5.19. The minimum atomic E-state index is -0.447. The first kappa shape index (κ1) is 19.8. The molecule has 2 heterocycles. The van der Waals surface area contributed by atoms with Gasteiger partial charge < -0.3 is 19.8 Å². The van der Waals surface area contributed by atoms with E-state index in [1.54, 1.807) is 36.4 Å². The molecule has 0 bridgehead atoms. The second-order valence-corrected chi connectivity index (χ2v) is 7.43. The van der Waals surface area contributed by atoms with E-state index < -0.39 is 11.7 Å². The Morgan fingerprint density at radius 1 is 1.00 bits per heavy atom. The van der Waals surface area contributed by atoms with Gasteiger partial charge in [-0.2, -0.15) is 0 Å². The number of benzene rings is 2. The summed E-state index contributed by atoms with van der Waals surface area (Å²) in [4.78, 5) is 36.7. The molecule has 30 heavy (non-hydrogen) atoms. The summed E-state index contributed by atoms with van der Waals surface area (Å²) in [7, 11) is 0. The first-order valence-electron chi connectivity index (χ1n) is 9.80. The molecule has 154 valence electrons. The maximum Gasteiger partial charge on any atom is 0.336 e. The molecular formula is C23H22N2O5. The van der Waals surface area contributed by atoms with Gasteiger partial charge >= 0.3 is 5.63 Å². The molecule has 1 fully saturated rings. The fraction of sp³-hybridized carbons (Fsp3) is 0.261. The zero-order chi connectivity index (χ0) is 21.3. The minimum absolute atomic E-state index is 0.201. The molecule has 3 aromatic rings. The maximum absolute atomic E-state index is 12.7. The molecule has 1 atom stereocenters. The summed E-state index contributed by atoms with van der Waals surface area (Å²) in [5.74, 6) is -0.537. The fourth-order valence-electron chi connectivity index (χ4n) is 3.50. The number of carbonyl (C=O) groups is 2. The van der Waals surface area contributed by atoms with Crippen LogP contribution in [0.5, 0.6) is 0 Å². The largest absolute Gasteiger partial charge is 0.423 e. The number of ether oxygens (including phenoxy) is 1. The van der Waals surface area contributed by atoms with Gasteiger partial charge in [-0.3, -0.25) is 9.59 Å². The van der Waals surface area contributed by atoms with Crippen LogP contribution >= 0.6 is 0 Å². The lowest BCUT2D eigenvalue weighted by Crippen LogP contribution is -2.27. The van der Waals surface area contributed by atoms with Crippen LogP contribution < -0.4 is 16.3 Å². The van der Waals surface area contributed by atoms with Crippen molar-refractivity contribution in [2.24, 2.45) is 0 Å². The molecule has 2 amide bonds. The summed E-state index contributed by atoms with van der Waals surface area (Å²) < 4.78 is 10.6. The zero-order valence-electron chi connectivity index (χ0n) is 16.8. The fourth-order valence-corrected chi connectivity index (χ4v) is 3.50. The quantitative estimate of drug-likeness (QED) is 0.643. The van der Waals surface area contributed by atoms with Crippen molar-refractivity contribution in [3.8, 4) is 0 Å². The molecule has 1 aliphatic heterocycles. The number of hydrogen-bond donors (Lipinski definition) is 2. The van der Waals surface area contributed by atoms with Gasteiger partial charge in [-0.1, -0.05) is 6.07 Å². The number of fused-ring (bicyclic) bond motifs is 1. The molecule has 2 aromatic carbocycles. The van der Waals surface area contributed by atoms with Crippen molar-refractivity contribution in [3.05, 3.63) is 69.6 Å². The first-order chi connectivity index (χ1) is 14.4. The van der Waals surface area contributed by atoms with Crippen LogP contribution in [0.3, 0.4) is 0 Å². The molecule has 0 radical (unpaired) electrons. The first-order valence-corrected chi connectivity index (χ1v) is 9.80. The Balaban J connectivity index is 1.54. The Bertz CT molecular complexity index is 1190. The second-order valence-electron chi connectivity index (χ2n) is 7.43. The number of anilines is 2. The summed E-state index contributed by atoms with van der Waals surface area (Å²) in [6, 6.07) is 11.7. The van der Waals surface area contributed by atoms with E-state index in [0.717, 1.165) is 22.9 Å². The molecule has 1 unspecified atom stereocenters. The Morgan fingerprint density at radius 2 is 1.83 bits per heavy atom. The number of hydrogen-bond acceptors (Lipinski definition) is 5. The van der Waals surface area contributed by atoms with Crippen LogP contribution in [0.15, 0.2) is 51.7 Å². The highest BCUT2D eigenvalue weighted by Gasteiger charge is 2.24. The third kappa shape index (κ3) is 4.11. The summed E-state index contributed by atoms with van der Waals surface area (Å²) in [5, 5.41) is 6.47. The van der Waals surface area contributed by atoms with Crippen LogP contribution in [0, 0.1) is 13.8 Å². The highest BCUT2D eigenvalue weighted by atomic mass is 16.5. The van der Waals surface area contributed by atoms with E-state index in [0.29, 0.717) is 35.5 Å². The van der Waals surface area contributed by atoms with E-state index in [-0.39, 0.29) is 11.8 Å². The molecule has 7 nitrogen and oxygen atoms in total. The van der Waals surface area contributed by atoms with E-state index >= 15 is 0 Å². The van der Waals surface area contributed by atoms with Gasteiger partial charge in [0.05, 0.1) is 0 Å². The Kier molecular flexibility index (Phi) is 5.37. The van der Waals surface area contributed by atoms with Crippen LogP contribution in [-0.2, 0) is 9.53 Å². The van der Waals surface area contributed by atoms with Crippen molar-refractivity contribution in [1.29, 1.82) is 0 Å². The number of rotatable bonds is 4. The monoisotopic (exact) mass is 406 g/mol. The zero-order valence-corrected chi connectivity index (χ0v) is 16.8. The van der Waals surface area contributed by atoms with Gasteiger partial charge in [-0.25, -0.2) is 4.79 Å². The molecule has 1 saturated heterocycles. The summed E-state index contributed by atoms with van der Waals surface area (Å²) in [6.45, 7) is 4.28. The van der Waals surface area contributed by atoms with E-state index in [1.807, 2.05) is 13.8 Å². The van der Waals surface area contributed by atoms with Gasteiger partial charge in [0.2, 0.25) is 0 Å². The lowest BCUT2D eigenvalue weighted by atomic mass is 10.1. The topological polar surface area (TPSA) is 97.6 Å². The average Bonchev–Trinajstić information content (AvgIpc) is 3.24. The van der Waals surface area contributed by atoms with Crippen molar-refractivity contribution < 1.29 is 18.7 Å². The van der Waals surface area contributed by atoms with Crippen LogP contribution in [0.4, 0.5) is 11.4 Å². The SMILES string of the molecule is Cc1ccc(C(=O)Nc2ccc3c(C)cc(=O)oc3c2)cc1NC(=O)C1CCCO1. The smallest absolute Gasteiger partial charge is 0.336 e. The van der Waals surface area contributed by atoms with Gasteiger partial charge in [0.1, 0.15) is 11.7 Å². The molecule has 7 heteroatoms. The molecular weight excluding hydrogens is 384 g/mol. The van der Waals surface area contributed by atoms with Crippen LogP contribution in [-0.4, -0.2) is 24.5 Å². The third-order valence-corrected chi connectivity index (χ3v) is 5.19. The van der Waals surface area contributed by atoms with E-state index in [2.05, 4.69) is 10.6 Å². The Morgan fingerprint density at radius 3 is 2.60 bits per heavy atom. The number of aryl methyl sites for hydroxylation is 2. The normalized spacial score (nSPS) is 15.9. The van der Waals surface area contributed by atoms with Crippen molar-refractivity contribution in [3.63, 3.8) is 0 Å². The molecule has 4 rings (SSSR count). The molecule has 1 aromatic heterocycles. The van der Waals surface area contributed by atoms with Gasteiger partial charge in [0, 0.05) is 41.1 Å². The highest BCUT2D eigenvalue weighted by molar-refractivity contribution is 6.06. The predicted molar refractivity (Wildman–Crippen MR) is 114 cm³/mol. The second kappa shape index (κ2) is 8.12. The van der Waals surface area contributed by atoms with Crippen molar-refractivity contribution in [2.75, 3.05) is 17.2 Å². The lowest BCUT2D eigenvalue weighted by molar-refractivity contribution is -0.124. The van der Waals surface area contributed by atoms with Gasteiger partial charge in [0.15, 0.2) is 0 Å². The lowest BCUT2D eigenvalue weighted by Gasteiger charge is -2.14. The van der Waals surface area contributed by atoms with E-state index in [4.69, 9.17) is 9.15 Å². The summed E-state index contributed by atoms with van der Waals surface area (Å²) in [5.41, 5.74) is 3.11. The van der Waals surface area contributed by atoms with Crippen molar-refractivity contribution in [1.82, 2.24) is 0 Å². The Hall–Kier alpha value is -3.45. The molecule has 0 aliphatic carbocycles. The minimum Gasteiger partial charge on any atom is -0.423 e. The molecule has 0 saturated carbocycles. The Labute approximate surface area is 173 Å². The van der Waals surface area contributed by atoms with Gasteiger partial charge in [-0.05, 0) is 62.1 Å². The number of amides is 2. The number of carbonyl (C=O) groups excluding carboxylic acids is 2. The average molecular weight is 406 g/mol. The standard InChI is InChI=1S/C23H22N2O5/c1-13-5-6-15(11-18(13)25-23(28)19-4-3-9-29-19)22(27)24-16-7-8-17-14(2)10-21(26)30-20(17)12-16/h5-8,10-12,19H,3-4,9H2,1-2H3,(H,24,27)(H,25,28).